The Kier molecular flexibility index (Phi) is 3.46. The smallest absolute Gasteiger partial charge is 0.0917 e. The first-order chi connectivity index (χ1) is 7.68. The van der Waals surface area contributed by atoms with Crippen LogP contribution < -0.4 is 10.6 Å². The van der Waals surface area contributed by atoms with Gasteiger partial charge in [0.1, 0.15) is 0 Å². The van der Waals surface area contributed by atoms with Gasteiger partial charge in [-0.1, -0.05) is 26.0 Å². The van der Waals surface area contributed by atoms with Crippen molar-refractivity contribution < 1.29 is 5.11 Å². The molecule has 0 radical (unpaired) electrons. The molecule has 1 atom stereocenters. The summed E-state index contributed by atoms with van der Waals surface area (Å²) in [6.45, 7) is 5.78. The molecule has 88 valence electrons. The van der Waals surface area contributed by atoms with E-state index in [-0.39, 0.29) is 0 Å². The van der Waals surface area contributed by atoms with Crippen molar-refractivity contribution in [2.75, 3.05) is 18.4 Å². The lowest BCUT2D eigenvalue weighted by atomic mass is 10.00. The molecule has 0 spiro atoms. The Labute approximate surface area is 96.9 Å². The fourth-order valence-corrected chi connectivity index (χ4v) is 2.14. The first-order valence-corrected chi connectivity index (χ1v) is 5.95. The fourth-order valence-electron chi connectivity index (χ4n) is 2.14. The summed E-state index contributed by atoms with van der Waals surface area (Å²) in [7, 11) is 0. The van der Waals surface area contributed by atoms with Gasteiger partial charge < -0.3 is 15.7 Å². The number of rotatable bonds is 4. The van der Waals surface area contributed by atoms with Crippen LogP contribution in [0.5, 0.6) is 0 Å². The van der Waals surface area contributed by atoms with Crippen molar-refractivity contribution in [2.45, 2.75) is 32.4 Å². The van der Waals surface area contributed by atoms with Crippen molar-refractivity contribution >= 4 is 5.69 Å². The first kappa shape index (κ1) is 11.4. The summed E-state index contributed by atoms with van der Waals surface area (Å²) < 4.78 is 0. The fraction of sp³-hybridized carbons (Fsp3) is 0.538. The number of hydrogen-bond acceptors (Lipinski definition) is 3. The third-order valence-electron chi connectivity index (χ3n) is 2.98. The van der Waals surface area contributed by atoms with E-state index in [0.717, 1.165) is 18.5 Å². The first-order valence-electron chi connectivity index (χ1n) is 5.95. The van der Waals surface area contributed by atoms with E-state index in [2.05, 4.69) is 30.5 Å². The Morgan fingerprint density at radius 2 is 2.25 bits per heavy atom. The number of nitrogens with one attached hydrogen (secondary N) is 2. The Morgan fingerprint density at radius 3 is 3.00 bits per heavy atom. The predicted molar refractivity (Wildman–Crippen MR) is 66.7 cm³/mol. The molecule has 0 bridgehead atoms. The number of fused-ring (bicyclic) bond motifs is 1. The lowest BCUT2D eigenvalue weighted by molar-refractivity contribution is 0.171. The third-order valence-corrected chi connectivity index (χ3v) is 2.98. The van der Waals surface area contributed by atoms with Gasteiger partial charge >= 0.3 is 0 Å². The molecule has 0 saturated heterocycles. The van der Waals surface area contributed by atoms with E-state index < -0.39 is 6.10 Å². The van der Waals surface area contributed by atoms with Gasteiger partial charge in [0.15, 0.2) is 0 Å². The molecule has 1 heterocycles. The Morgan fingerprint density at radius 1 is 1.44 bits per heavy atom. The van der Waals surface area contributed by atoms with Gasteiger partial charge in [0.05, 0.1) is 6.10 Å². The minimum Gasteiger partial charge on any atom is -0.387 e. The normalized spacial score (nSPS) is 16.0. The summed E-state index contributed by atoms with van der Waals surface area (Å²) in [5.74, 6) is 0. The molecule has 0 fully saturated rings. The third kappa shape index (κ3) is 2.36. The van der Waals surface area contributed by atoms with E-state index in [1.807, 2.05) is 12.1 Å². The molecule has 0 saturated carbocycles. The van der Waals surface area contributed by atoms with Gasteiger partial charge in [-0.25, -0.2) is 0 Å². The van der Waals surface area contributed by atoms with E-state index >= 15 is 0 Å². The number of anilines is 1. The lowest BCUT2D eigenvalue weighted by Crippen LogP contribution is -2.28. The van der Waals surface area contributed by atoms with E-state index in [1.54, 1.807) is 0 Å². The average molecular weight is 220 g/mol. The Bertz CT molecular complexity index is 363. The minimum atomic E-state index is -0.405. The summed E-state index contributed by atoms with van der Waals surface area (Å²) in [6, 6.07) is 6.52. The van der Waals surface area contributed by atoms with Gasteiger partial charge in [0, 0.05) is 24.8 Å². The quantitative estimate of drug-likeness (QED) is 0.723. The molecular weight excluding hydrogens is 200 g/mol. The number of aliphatic hydroxyl groups is 1. The van der Waals surface area contributed by atoms with Gasteiger partial charge in [0.2, 0.25) is 0 Å². The molecular formula is C13H20N2O. The maximum atomic E-state index is 10.1. The molecule has 3 nitrogen and oxygen atoms in total. The maximum absolute atomic E-state index is 10.1. The van der Waals surface area contributed by atoms with Crippen molar-refractivity contribution in [3.05, 3.63) is 29.3 Å². The molecule has 1 aliphatic rings. The summed E-state index contributed by atoms with van der Waals surface area (Å²) in [4.78, 5) is 0. The van der Waals surface area contributed by atoms with Crippen molar-refractivity contribution in [1.29, 1.82) is 0 Å². The summed E-state index contributed by atoms with van der Waals surface area (Å²) in [5.41, 5.74) is 3.53. The highest BCUT2D eigenvalue weighted by Crippen LogP contribution is 2.29. The van der Waals surface area contributed by atoms with E-state index in [4.69, 9.17) is 0 Å². The Hall–Kier alpha value is -1.06. The van der Waals surface area contributed by atoms with Crippen LogP contribution in [0.1, 0.15) is 31.1 Å². The number of hydrogen-bond donors (Lipinski definition) is 3. The van der Waals surface area contributed by atoms with Crippen LogP contribution in [0, 0.1) is 0 Å². The largest absolute Gasteiger partial charge is 0.387 e. The molecule has 1 aromatic rings. The van der Waals surface area contributed by atoms with Crippen LogP contribution in [0.3, 0.4) is 0 Å². The molecule has 1 unspecified atom stereocenters. The van der Waals surface area contributed by atoms with Gasteiger partial charge in [-0.15, -0.1) is 0 Å². The predicted octanol–water partition coefficient (Wildman–Crippen LogP) is 1.69. The van der Waals surface area contributed by atoms with Crippen LogP contribution in [0.25, 0.3) is 0 Å². The van der Waals surface area contributed by atoms with E-state index in [9.17, 15) is 5.11 Å². The van der Waals surface area contributed by atoms with Crippen LogP contribution >= 0.6 is 0 Å². The summed E-state index contributed by atoms with van der Waals surface area (Å²) >= 11 is 0. The second-order valence-corrected chi connectivity index (χ2v) is 4.63. The molecule has 2 rings (SSSR count). The van der Waals surface area contributed by atoms with Gasteiger partial charge in [-0.3, -0.25) is 0 Å². The standard InChI is InChI=1S/C13H20N2O/c1-9(2)15-8-13(16)11-4-3-5-12-10(11)6-7-14-12/h3-5,9,13-16H,6-8H2,1-2H3. The van der Waals surface area contributed by atoms with Crippen molar-refractivity contribution in [3.8, 4) is 0 Å². The SMILES string of the molecule is CC(C)NCC(O)c1cccc2c1CCN2. The van der Waals surface area contributed by atoms with Crippen LogP contribution in [0.4, 0.5) is 5.69 Å². The van der Waals surface area contributed by atoms with Gasteiger partial charge in [-0.2, -0.15) is 0 Å². The highest BCUT2D eigenvalue weighted by molar-refractivity contribution is 5.59. The highest BCUT2D eigenvalue weighted by Gasteiger charge is 2.18. The summed E-state index contributed by atoms with van der Waals surface area (Å²) in [6.07, 6.45) is 0.613. The van der Waals surface area contributed by atoms with E-state index in [1.165, 1.54) is 11.3 Å². The second kappa shape index (κ2) is 4.85. The second-order valence-electron chi connectivity index (χ2n) is 4.63. The van der Waals surface area contributed by atoms with Crippen LogP contribution in [0.15, 0.2) is 18.2 Å². The molecule has 3 heteroatoms. The van der Waals surface area contributed by atoms with Gasteiger partial charge in [-0.05, 0) is 23.6 Å². The minimum absolute atomic E-state index is 0.405. The molecule has 0 aromatic heterocycles. The van der Waals surface area contributed by atoms with Crippen LogP contribution in [-0.2, 0) is 6.42 Å². The molecule has 3 N–H and O–H groups in total. The highest BCUT2D eigenvalue weighted by atomic mass is 16.3. The molecule has 1 aromatic carbocycles. The van der Waals surface area contributed by atoms with E-state index in [0.29, 0.717) is 12.6 Å². The number of aliphatic hydroxyl groups excluding tert-OH is 1. The monoisotopic (exact) mass is 220 g/mol. The zero-order valence-electron chi connectivity index (χ0n) is 9.96. The number of benzene rings is 1. The zero-order chi connectivity index (χ0) is 11.5. The van der Waals surface area contributed by atoms with Crippen LogP contribution in [-0.4, -0.2) is 24.2 Å². The molecule has 16 heavy (non-hydrogen) atoms. The van der Waals surface area contributed by atoms with Crippen molar-refractivity contribution in [3.63, 3.8) is 0 Å². The average Bonchev–Trinajstić information content (AvgIpc) is 2.73. The maximum Gasteiger partial charge on any atom is 0.0917 e. The van der Waals surface area contributed by atoms with Crippen molar-refractivity contribution in [2.24, 2.45) is 0 Å². The lowest BCUT2D eigenvalue weighted by Gasteiger charge is -2.17. The summed E-state index contributed by atoms with van der Waals surface area (Å²) in [5, 5.41) is 16.7. The Balaban J connectivity index is 2.11. The van der Waals surface area contributed by atoms with Crippen molar-refractivity contribution in [1.82, 2.24) is 5.32 Å². The molecule has 1 aliphatic heterocycles. The van der Waals surface area contributed by atoms with Gasteiger partial charge in [0.25, 0.3) is 0 Å². The topological polar surface area (TPSA) is 44.3 Å². The molecule has 0 aliphatic carbocycles. The zero-order valence-corrected chi connectivity index (χ0v) is 9.96. The van der Waals surface area contributed by atoms with Crippen LogP contribution in [0.2, 0.25) is 0 Å². The molecule has 0 amide bonds.